The number of carbonyl (C=O) groups is 1. The normalized spacial score (nSPS) is 13.5. The molecule has 0 saturated carbocycles. The maximum Gasteiger partial charge on any atom is 0.261 e. The third kappa shape index (κ3) is 2.98. The van der Waals surface area contributed by atoms with E-state index in [1.54, 1.807) is 34.9 Å². The van der Waals surface area contributed by atoms with E-state index in [0.717, 1.165) is 24.4 Å². The fourth-order valence-corrected chi connectivity index (χ4v) is 3.05. The third-order valence-corrected chi connectivity index (χ3v) is 4.24. The number of anilines is 1. The van der Waals surface area contributed by atoms with Crippen LogP contribution in [0.15, 0.2) is 45.6 Å². The van der Waals surface area contributed by atoms with Gasteiger partial charge in [0.2, 0.25) is 5.91 Å². The number of aromatic nitrogens is 2. The Morgan fingerprint density at radius 1 is 1.32 bits per heavy atom. The molecule has 0 saturated heterocycles. The van der Waals surface area contributed by atoms with Gasteiger partial charge in [0, 0.05) is 24.7 Å². The van der Waals surface area contributed by atoms with Crippen LogP contribution in [0, 0.1) is 6.92 Å². The molecule has 0 radical (unpaired) electrons. The number of hydrogen-bond acceptors (Lipinski definition) is 4. The van der Waals surface area contributed by atoms with Crippen molar-refractivity contribution in [2.45, 2.75) is 26.3 Å². The molecule has 1 amide bonds. The maximum atomic E-state index is 12.6. The lowest BCUT2D eigenvalue weighted by Crippen LogP contribution is -2.21. The van der Waals surface area contributed by atoms with Gasteiger partial charge in [-0.05, 0) is 49.8 Å². The van der Waals surface area contributed by atoms with Gasteiger partial charge >= 0.3 is 0 Å². The highest BCUT2D eigenvalue weighted by molar-refractivity contribution is 6.02. The molecule has 0 unspecified atom stereocenters. The van der Waals surface area contributed by atoms with Crippen LogP contribution in [0.1, 0.15) is 23.8 Å². The molecule has 4 rings (SSSR count). The van der Waals surface area contributed by atoms with Crippen molar-refractivity contribution in [3.8, 4) is 0 Å². The summed E-state index contributed by atoms with van der Waals surface area (Å²) in [4.78, 5) is 29.2. The van der Waals surface area contributed by atoms with E-state index in [-0.39, 0.29) is 11.5 Å². The number of nitrogens with zero attached hydrogens (tertiary/aromatic N) is 2. The number of hydrogen-bond donors (Lipinski definition) is 1. The Balaban J connectivity index is 1.58. The molecule has 25 heavy (non-hydrogen) atoms. The number of amides is 1. The van der Waals surface area contributed by atoms with Crippen molar-refractivity contribution in [2.75, 3.05) is 5.32 Å². The van der Waals surface area contributed by atoms with E-state index in [0.29, 0.717) is 28.9 Å². The van der Waals surface area contributed by atoms with Gasteiger partial charge in [0.25, 0.3) is 5.56 Å². The lowest BCUT2D eigenvalue weighted by Gasteiger charge is -2.07. The standard InChI is InChI=1S/C19H17N3O3/c1-12-4-6-14(25-12)7-9-18(23)20-13-5-8-16-15(11-13)19(24)22-10-2-3-17(22)21-16/h4-9,11H,2-3,10H2,1H3,(H,20,23). The van der Waals surface area contributed by atoms with Crippen molar-refractivity contribution in [3.05, 3.63) is 64.1 Å². The molecule has 3 heterocycles. The summed E-state index contributed by atoms with van der Waals surface area (Å²) < 4.78 is 7.10. The predicted molar refractivity (Wildman–Crippen MR) is 95.4 cm³/mol. The molecule has 6 heteroatoms. The molecule has 0 atom stereocenters. The van der Waals surface area contributed by atoms with Gasteiger partial charge in [0.05, 0.1) is 10.9 Å². The van der Waals surface area contributed by atoms with Crippen molar-refractivity contribution in [3.63, 3.8) is 0 Å². The van der Waals surface area contributed by atoms with Gasteiger partial charge in [-0.2, -0.15) is 0 Å². The van der Waals surface area contributed by atoms with E-state index in [1.807, 2.05) is 13.0 Å². The first-order valence-electron chi connectivity index (χ1n) is 8.19. The molecule has 1 N–H and O–H groups in total. The molecule has 1 aliphatic rings. The molecular formula is C19H17N3O3. The molecule has 1 aliphatic heterocycles. The molecule has 2 aromatic heterocycles. The number of benzene rings is 1. The summed E-state index contributed by atoms with van der Waals surface area (Å²) in [7, 11) is 0. The van der Waals surface area contributed by atoms with Crippen molar-refractivity contribution >= 4 is 28.6 Å². The maximum absolute atomic E-state index is 12.6. The van der Waals surface area contributed by atoms with E-state index in [2.05, 4.69) is 10.3 Å². The van der Waals surface area contributed by atoms with Crippen LogP contribution in [-0.2, 0) is 17.8 Å². The van der Waals surface area contributed by atoms with Gasteiger partial charge < -0.3 is 9.73 Å². The first kappa shape index (κ1) is 15.4. The minimum atomic E-state index is -0.289. The van der Waals surface area contributed by atoms with Crippen molar-refractivity contribution in [1.29, 1.82) is 0 Å². The number of rotatable bonds is 3. The monoisotopic (exact) mass is 335 g/mol. The Bertz CT molecular complexity index is 1060. The zero-order valence-electron chi connectivity index (χ0n) is 13.8. The molecule has 126 valence electrons. The fourth-order valence-electron chi connectivity index (χ4n) is 3.05. The molecule has 0 spiro atoms. The van der Waals surface area contributed by atoms with Crippen LogP contribution in [0.5, 0.6) is 0 Å². The first-order chi connectivity index (χ1) is 12.1. The number of carbonyl (C=O) groups excluding carboxylic acids is 1. The fraction of sp³-hybridized carbons (Fsp3) is 0.211. The topological polar surface area (TPSA) is 77.1 Å². The van der Waals surface area contributed by atoms with Gasteiger partial charge in [0.15, 0.2) is 0 Å². The molecule has 3 aromatic rings. The summed E-state index contributed by atoms with van der Waals surface area (Å²) in [6.45, 7) is 2.55. The number of nitrogens with one attached hydrogen (secondary N) is 1. The van der Waals surface area contributed by atoms with Gasteiger partial charge in [-0.1, -0.05) is 0 Å². The van der Waals surface area contributed by atoms with E-state index in [9.17, 15) is 9.59 Å². The van der Waals surface area contributed by atoms with Crippen molar-refractivity contribution in [2.24, 2.45) is 0 Å². The van der Waals surface area contributed by atoms with Crippen LogP contribution >= 0.6 is 0 Å². The Labute approximate surface area is 143 Å². The first-order valence-corrected chi connectivity index (χ1v) is 8.19. The molecular weight excluding hydrogens is 318 g/mol. The summed E-state index contributed by atoms with van der Waals surface area (Å²) in [6, 6.07) is 8.83. The van der Waals surface area contributed by atoms with E-state index < -0.39 is 0 Å². The lowest BCUT2D eigenvalue weighted by atomic mass is 10.2. The molecule has 0 bridgehead atoms. The quantitative estimate of drug-likeness (QED) is 0.747. The zero-order chi connectivity index (χ0) is 17.4. The summed E-state index contributed by atoms with van der Waals surface area (Å²) in [5.74, 6) is 1.95. The van der Waals surface area contributed by atoms with Gasteiger partial charge in [-0.3, -0.25) is 14.2 Å². The predicted octanol–water partition coefficient (Wildman–Crippen LogP) is 2.90. The second-order valence-electron chi connectivity index (χ2n) is 6.09. The number of fused-ring (bicyclic) bond motifs is 2. The summed E-state index contributed by atoms with van der Waals surface area (Å²) in [5.41, 5.74) is 1.18. The van der Waals surface area contributed by atoms with Crippen LogP contribution < -0.4 is 10.9 Å². The summed E-state index contributed by atoms with van der Waals surface area (Å²) >= 11 is 0. The largest absolute Gasteiger partial charge is 0.462 e. The Morgan fingerprint density at radius 3 is 3.00 bits per heavy atom. The minimum absolute atomic E-state index is 0.0461. The van der Waals surface area contributed by atoms with Gasteiger partial charge in [-0.15, -0.1) is 0 Å². The minimum Gasteiger partial charge on any atom is -0.462 e. The Morgan fingerprint density at radius 2 is 2.20 bits per heavy atom. The van der Waals surface area contributed by atoms with Crippen molar-refractivity contribution < 1.29 is 9.21 Å². The van der Waals surface area contributed by atoms with Gasteiger partial charge in [-0.25, -0.2) is 4.98 Å². The van der Waals surface area contributed by atoms with Crippen LogP contribution in [0.4, 0.5) is 5.69 Å². The SMILES string of the molecule is Cc1ccc(C=CC(=O)Nc2ccc3nc4n(c(=O)c3c2)CCC4)o1. The summed E-state index contributed by atoms with van der Waals surface area (Å²) in [6.07, 6.45) is 4.78. The van der Waals surface area contributed by atoms with Crippen LogP contribution in [-0.4, -0.2) is 15.5 Å². The van der Waals surface area contributed by atoms with Crippen LogP contribution in [0.25, 0.3) is 17.0 Å². The van der Waals surface area contributed by atoms with E-state index in [1.165, 1.54) is 6.08 Å². The Hall–Kier alpha value is -3.15. The highest BCUT2D eigenvalue weighted by Crippen LogP contribution is 2.18. The smallest absolute Gasteiger partial charge is 0.261 e. The average Bonchev–Trinajstić information content (AvgIpc) is 3.22. The second kappa shape index (κ2) is 6.05. The lowest BCUT2D eigenvalue weighted by molar-refractivity contribution is -0.111. The highest BCUT2D eigenvalue weighted by atomic mass is 16.3. The Kier molecular flexibility index (Phi) is 3.72. The van der Waals surface area contributed by atoms with Crippen LogP contribution in [0.3, 0.4) is 0 Å². The number of furan rings is 1. The average molecular weight is 335 g/mol. The molecule has 0 aliphatic carbocycles. The third-order valence-electron chi connectivity index (χ3n) is 4.24. The zero-order valence-corrected chi connectivity index (χ0v) is 13.8. The molecule has 0 fully saturated rings. The van der Waals surface area contributed by atoms with E-state index >= 15 is 0 Å². The highest BCUT2D eigenvalue weighted by Gasteiger charge is 2.16. The summed E-state index contributed by atoms with van der Waals surface area (Å²) in [5, 5.41) is 3.29. The molecule has 1 aromatic carbocycles. The second-order valence-corrected chi connectivity index (χ2v) is 6.09. The van der Waals surface area contributed by atoms with Gasteiger partial charge in [0.1, 0.15) is 17.3 Å². The molecule has 6 nitrogen and oxygen atoms in total. The number of aryl methyl sites for hydroxylation is 2. The van der Waals surface area contributed by atoms with E-state index in [4.69, 9.17) is 4.42 Å². The van der Waals surface area contributed by atoms with Crippen molar-refractivity contribution in [1.82, 2.24) is 9.55 Å². The van der Waals surface area contributed by atoms with Crippen LogP contribution in [0.2, 0.25) is 0 Å².